The van der Waals surface area contributed by atoms with E-state index in [4.69, 9.17) is 0 Å². The summed E-state index contributed by atoms with van der Waals surface area (Å²) < 4.78 is 4.15. The maximum absolute atomic E-state index is 13.2. The molecule has 5 heteroatoms. The molecule has 5 nitrogen and oxygen atoms in total. The van der Waals surface area contributed by atoms with Crippen LogP contribution in [0.1, 0.15) is 23.1 Å². The second-order valence-electron chi connectivity index (χ2n) is 7.00. The summed E-state index contributed by atoms with van der Waals surface area (Å²) in [6.07, 6.45) is 5.76. The van der Waals surface area contributed by atoms with E-state index in [1.807, 2.05) is 62.9 Å². The molecule has 4 rings (SSSR count). The minimum atomic E-state index is 0.000263. The van der Waals surface area contributed by atoms with Crippen LogP contribution in [0.5, 0.6) is 0 Å². The van der Waals surface area contributed by atoms with Crippen molar-refractivity contribution >= 4 is 16.7 Å². The van der Waals surface area contributed by atoms with Gasteiger partial charge in [-0.3, -0.25) is 4.79 Å². The fourth-order valence-corrected chi connectivity index (χ4v) is 3.72. The molecule has 0 radical (unpaired) electrons. The molecule has 2 heterocycles. The van der Waals surface area contributed by atoms with Gasteiger partial charge in [0.15, 0.2) is 0 Å². The predicted octanol–water partition coefficient (Wildman–Crippen LogP) is 4.33. The summed E-state index contributed by atoms with van der Waals surface area (Å²) in [4.78, 5) is 19.4. The zero-order chi connectivity index (χ0) is 19.7. The van der Waals surface area contributed by atoms with E-state index in [0.29, 0.717) is 12.1 Å². The molecule has 4 aromatic rings. The third kappa shape index (κ3) is 3.09. The van der Waals surface area contributed by atoms with Crippen molar-refractivity contribution in [3.8, 4) is 11.3 Å². The van der Waals surface area contributed by atoms with Gasteiger partial charge >= 0.3 is 0 Å². The molecular weight excluding hydrogens is 348 g/mol. The van der Waals surface area contributed by atoms with Crippen LogP contribution in [0.25, 0.3) is 22.0 Å². The van der Waals surface area contributed by atoms with Crippen molar-refractivity contribution in [1.82, 2.24) is 19.0 Å². The Morgan fingerprint density at radius 2 is 1.82 bits per heavy atom. The molecule has 142 valence electrons. The molecule has 0 saturated heterocycles. The van der Waals surface area contributed by atoms with Crippen LogP contribution >= 0.6 is 0 Å². The van der Waals surface area contributed by atoms with E-state index in [1.54, 1.807) is 11.1 Å². The Bertz CT molecular complexity index is 1140. The standard InChI is InChI=1S/C23H24N4O/c1-4-27-15-13-24-22(27)16-26(3)23(28)20-12-11-19(21-10-7-14-25(21)2)17-8-5-6-9-18(17)20/h5-15H,4,16H2,1-3H3. The largest absolute Gasteiger partial charge is 0.351 e. The number of amides is 1. The monoisotopic (exact) mass is 372 g/mol. The molecule has 0 unspecified atom stereocenters. The third-order valence-corrected chi connectivity index (χ3v) is 5.24. The molecule has 0 aliphatic carbocycles. The van der Waals surface area contributed by atoms with Gasteiger partial charge in [0, 0.05) is 56.1 Å². The summed E-state index contributed by atoms with van der Waals surface area (Å²) >= 11 is 0. The van der Waals surface area contributed by atoms with Gasteiger partial charge in [-0.15, -0.1) is 0 Å². The molecule has 0 saturated carbocycles. The highest BCUT2D eigenvalue weighted by atomic mass is 16.2. The molecule has 0 atom stereocenters. The molecule has 1 amide bonds. The number of carbonyl (C=O) groups is 1. The van der Waals surface area contributed by atoms with E-state index in [1.165, 1.54) is 0 Å². The van der Waals surface area contributed by atoms with Gasteiger partial charge in [-0.1, -0.05) is 30.3 Å². The Balaban J connectivity index is 1.73. The van der Waals surface area contributed by atoms with Crippen LogP contribution in [0.2, 0.25) is 0 Å². The molecule has 28 heavy (non-hydrogen) atoms. The van der Waals surface area contributed by atoms with Gasteiger partial charge in [-0.2, -0.15) is 0 Å². The number of imidazole rings is 1. The van der Waals surface area contributed by atoms with Crippen LogP contribution < -0.4 is 0 Å². The molecule has 0 fully saturated rings. The van der Waals surface area contributed by atoms with Crippen molar-refractivity contribution in [1.29, 1.82) is 0 Å². The lowest BCUT2D eigenvalue weighted by molar-refractivity contribution is 0.0782. The molecule has 2 aromatic carbocycles. The van der Waals surface area contributed by atoms with Crippen molar-refractivity contribution in [2.45, 2.75) is 20.0 Å². The van der Waals surface area contributed by atoms with Crippen molar-refractivity contribution in [3.05, 3.63) is 78.5 Å². The lowest BCUT2D eigenvalue weighted by Crippen LogP contribution is -2.28. The molecule has 0 spiro atoms. The maximum atomic E-state index is 13.2. The molecule has 0 aliphatic heterocycles. The van der Waals surface area contributed by atoms with E-state index in [2.05, 4.69) is 33.2 Å². The van der Waals surface area contributed by atoms with Crippen LogP contribution in [0, 0.1) is 0 Å². The van der Waals surface area contributed by atoms with E-state index in [-0.39, 0.29) is 5.91 Å². The van der Waals surface area contributed by atoms with Gasteiger partial charge in [0.25, 0.3) is 5.91 Å². The van der Waals surface area contributed by atoms with Gasteiger partial charge in [0.2, 0.25) is 0 Å². The average Bonchev–Trinajstić information content (AvgIpc) is 3.35. The summed E-state index contributed by atoms with van der Waals surface area (Å²) in [6, 6.07) is 16.2. The normalized spacial score (nSPS) is 11.1. The summed E-state index contributed by atoms with van der Waals surface area (Å²) in [5.74, 6) is 0.892. The first-order valence-corrected chi connectivity index (χ1v) is 9.49. The van der Waals surface area contributed by atoms with E-state index >= 15 is 0 Å². The first kappa shape index (κ1) is 18.0. The highest BCUT2D eigenvalue weighted by Gasteiger charge is 2.18. The Morgan fingerprint density at radius 3 is 2.54 bits per heavy atom. The van der Waals surface area contributed by atoms with Gasteiger partial charge in [-0.05, 0) is 35.9 Å². The molecule has 0 N–H and O–H groups in total. The number of hydrogen-bond donors (Lipinski definition) is 0. The lowest BCUT2D eigenvalue weighted by atomic mass is 9.97. The molecule has 0 bridgehead atoms. The second kappa shape index (κ2) is 7.35. The SMILES string of the molecule is CCn1ccnc1CN(C)C(=O)c1ccc(-c2cccn2C)c2ccccc12. The number of aromatic nitrogens is 3. The minimum absolute atomic E-state index is 0.000263. The van der Waals surface area contributed by atoms with Crippen molar-refractivity contribution < 1.29 is 4.79 Å². The van der Waals surface area contributed by atoms with E-state index < -0.39 is 0 Å². The smallest absolute Gasteiger partial charge is 0.254 e. The number of nitrogens with zero attached hydrogens (tertiary/aromatic N) is 4. The van der Waals surface area contributed by atoms with Crippen molar-refractivity contribution in [3.63, 3.8) is 0 Å². The Labute approximate surface area is 164 Å². The average molecular weight is 372 g/mol. The summed E-state index contributed by atoms with van der Waals surface area (Å²) in [6.45, 7) is 3.39. The highest BCUT2D eigenvalue weighted by Crippen LogP contribution is 2.31. The van der Waals surface area contributed by atoms with Crippen LogP contribution in [-0.2, 0) is 20.1 Å². The highest BCUT2D eigenvalue weighted by molar-refractivity contribution is 6.10. The van der Waals surface area contributed by atoms with Crippen LogP contribution in [0.3, 0.4) is 0 Å². The second-order valence-corrected chi connectivity index (χ2v) is 7.00. The predicted molar refractivity (Wildman–Crippen MR) is 112 cm³/mol. The number of aryl methyl sites for hydroxylation is 2. The lowest BCUT2D eigenvalue weighted by Gasteiger charge is -2.19. The number of carbonyl (C=O) groups excluding carboxylic acids is 1. The first-order valence-electron chi connectivity index (χ1n) is 9.49. The number of fused-ring (bicyclic) bond motifs is 1. The zero-order valence-corrected chi connectivity index (χ0v) is 16.5. The minimum Gasteiger partial charge on any atom is -0.351 e. The fraction of sp³-hybridized carbons (Fsp3) is 0.217. The Morgan fingerprint density at radius 1 is 1.04 bits per heavy atom. The number of rotatable bonds is 5. The van der Waals surface area contributed by atoms with Gasteiger partial charge in [0.1, 0.15) is 5.82 Å². The van der Waals surface area contributed by atoms with Gasteiger partial charge in [-0.25, -0.2) is 4.98 Å². The Hall–Kier alpha value is -3.34. The van der Waals surface area contributed by atoms with Crippen molar-refractivity contribution in [2.24, 2.45) is 7.05 Å². The number of benzene rings is 2. The maximum Gasteiger partial charge on any atom is 0.254 e. The van der Waals surface area contributed by atoms with Crippen molar-refractivity contribution in [2.75, 3.05) is 7.05 Å². The molecular formula is C23H24N4O. The topological polar surface area (TPSA) is 43.1 Å². The van der Waals surface area contributed by atoms with Crippen LogP contribution in [0.4, 0.5) is 0 Å². The Kier molecular flexibility index (Phi) is 4.74. The third-order valence-electron chi connectivity index (χ3n) is 5.24. The summed E-state index contributed by atoms with van der Waals surface area (Å²) in [5, 5.41) is 2.05. The summed E-state index contributed by atoms with van der Waals surface area (Å²) in [7, 11) is 3.86. The van der Waals surface area contributed by atoms with Crippen LogP contribution in [0.15, 0.2) is 67.1 Å². The first-order chi connectivity index (χ1) is 13.6. The number of hydrogen-bond acceptors (Lipinski definition) is 2. The fourth-order valence-electron chi connectivity index (χ4n) is 3.72. The zero-order valence-electron chi connectivity index (χ0n) is 16.5. The quantitative estimate of drug-likeness (QED) is 0.523. The van der Waals surface area contributed by atoms with E-state index in [9.17, 15) is 4.79 Å². The van der Waals surface area contributed by atoms with Crippen LogP contribution in [-0.4, -0.2) is 32.0 Å². The van der Waals surface area contributed by atoms with Gasteiger partial charge in [0.05, 0.1) is 6.54 Å². The molecule has 0 aliphatic rings. The van der Waals surface area contributed by atoms with Gasteiger partial charge < -0.3 is 14.0 Å². The molecule has 2 aromatic heterocycles. The summed E-state index contributed by atoms with van der Waals surface area (Å²) in [5.41, 5.74) is 2.98. The van der Waals surface area contributed by atoms with E-state index in [0.717, 1.165) is 34.4 Å².